The number of fused-ring (bicyclic) bond motifs is 1. The van der Waals surface area contributed by atoms with Gasteiger partial charge in [-0.25, -0.2) is 0 Å². The van der Waals surface area contributed by atoms with Crippen LogP contribution in [0.4, 0.5) is 13.2 Å². The summed E-state index contributed by atoms with van der Waals surface area (Å²) in [5.74, 6) is -1.58. The highest BCUT2D eigenvalue weighted by Crippen LogP contribution is 2.30. The maximum Gasteiger partial charge on any atom is 0.573 e. The van der Waals surface area contributed by atoms with Crippen molar-refractivity contribution >= 4 is 40.0 Å². The Balaban J connectivity index is 1.85. The summed E-state index contributed by atoms with van der Waals surface area (Å²) in [5.41, 5.74) is -1.45. The highest BCUT2D eigenvalue weighted by Gasteiger charge is 2.34. The summed E-state index contributed by atoms with van der Waals surface area (Å²) < 4.78 is 43.1. The predicted octanol–water partition coefficient (Wildman–Crippen LogP) is 4.95. The number of hydrogen-bond donors (Lipinski definition) is 1. The molecule has 1 unspecified atom stereocenters. The fourth-order valence-electron chi connectivity index (χ4n) is 2.77. The van der Waals surface area contributed by atoms with Crippen molar-refractivity contribution in [2.45, 2.75) is 25.4 Å². The van der Waals surface area contributed by atoms with Gasteiger partial charge in [-0.1, -0.05) is 35.3 Å². The summed E-state index contributed by atoms with van der Waals surface area (Å²) in [5, 5.41) is 17.5. The first-order valence-electron chi connectivity index (χ1n) is 8.41. The van der Waals surface area contributed by atoms with E-state index < -0.39 is 23.6 Å². The van der Waals surface area contributed by atoms with E-state index in [9.17, 15) is 23.2 Å². The first-order chi connectivity index (χ1) is 14.0. The van der Waals surface area contributed by atoms with Gasteiger partial charge in [0.1, 0.15) is 16.8 Å². The number of aromatic nitrogens is 2. The van der Waals surface area contributed by atoms with Crippen LogP contribution >= 0.6 is 23.2 Å². The molecule has 0 saturated heterocycles. The van der Waals surface area contributed by atoms with Gasteiger partial charge in [-0.15, -0.1) is 13.2 Å². The summed E-state index contributed by atoms with van der Waals surface area (Å²) in [6, 6.07) is 10.1. The topological polar surface area (TPSA) is 79.9 Å². The maximum atomic E-state index is 12.6. The SMILES string of the molecule is CC(C#N)(Cn1cc2ccc(Cl)c(Cl)c2n1)NC(=O)c1ccccc1OC(F)(F)F. The van der Waals surface area contributed by atoms with Crippen LogP contribution in [0.3, 0.4) is 0 Å². The standard InChI is InChI=1S/C19H13Cl2F3N4O2/c1-18(9-25,10-28-8-11-6-7-13(20)15(21)16(11)27-28)26-17(29)12-4-2-3-5-14(12)30-19(22,23)24/h2-8H,10H2,1H3,(H,26,29). The van der Waals surface area contributed by atoms with Crippen molar-refractivity contribution in [2.24, 2.45) is 0 Å². The van der Waals surface area contributed by atoms with Crippen molar-refractivity contribution in [3.8, 4) is 11.8 Å². The number of ether oxygens (including phenoxy) is 1. The molecule has 3 aromatic rings. The molecule has 0 bridgehead atoms. The molecule has 0 spiro atoms. The van der Waals surface area contributed by atoms with Crippen LogP contribution in [0.1, 0.15) is 17.3 Å². The monoisotopic (exact) mass is 456 g/mol. The van der Waals surface area contributed by atoms with E-state index in [1.807, 2.05) is 6.07 Å². The third kappa shape index (κ3) is 4.78. The Bertz CT molecular complexity index is 1160. The Morgan fingerprint density at radius 2 is 1.97 bits per heavy atom. The number of carbonyl (C=O) groups is 1. The lowest BCUT2D eigenvalue weighted by Gasteiger charge is -2.24. The van der Waals surface area contributed by atoms with Crippen LogP contribution in [-0.2, 0) is 6.54 Å². The highest BCUT2D eigenvalue weighted by atomic mass is 35.5. The zero-order valence-corrected chi connectivity index (χ0v) is 16.8. The van der Waals surface area contributed by atoms with E-state index in [2.05, 4.69) is 15.2 Å². The molecule has 3 rings (SSSR count). The lowest BCUT2D eigenvalue weighted by atomic mass is 10.0. The van der Waals surface area contributed by atoms with Crippen molar-refractivity contribution in [2.75, 3.05) is 0 Å². The number of rotatable bonds is 5. The Kier molecular flexibility index (Phi) is 5.83. The largest absolute Gasteiger partial charge is 0.573 e. The average Bonchev–Trinajstić information content (AvgIpc) is 3.06. The molecule has 0 saturated carbocycles. The molecule has 2 aromatic carbocycles. The number of hydrogen-bond acceptors (Lipinski definition) is 4. The van der Waals surface area contributed by atoms with Gasteiger partial charge in [0.15, 0.2) is 0 Å². The summed E-state index contributed by atoms with van der Waals surface area (Å²) in [6.07, 6.45) is -3.36. The summed E-state index contributed by atoms with van der Waals surface area (Å²) in [6.45, 7) is 1.32. The van der Waals surface area contributed by atoms with Crippen molar-refractivity contribution in [1.82, 2.24) is 15.1 Å². The van der Waals surface area contributed by atoms with Crippen molar-refractivity contribution in [3.63, 3.8) is 0 Å². The number of benzene rings is 2. The molecule has 1 amide bonds. The number of alkyl halides is 3. The third-order valence-electron chi connectivity index (χ3n) is 4.09. The zero-order chi connectivity index (χ0) is 22.1. The van der Waals surface area contributed by atoms with Gasteiger partial charge in [-0.2, -0.15) is 10.4 Å². The third-order valence-corrected chi connectivity index (χ3v) is 4.88. The summed E-state index contributed by atoms with van der Waals surface area (Å²) >= 11 is 12.1. The zero-order valence-electron chi connectivity index (χ0n) is 15.3. The van der Waals surface area contributed by atoms with Crippen LogP contribution in [0.5, 0.6) is 5.75 Å². The molecular weight excluding hydrogens is 444 g/mol. The fourth-order valence-corrected chi connectivity index (χ4v) is 3.13. The van der Waals surface area contributed by atoms with E-state index in [0.29, 0.717) is 15.9 Å². The molecule has 6 nitrogen and oxygen atoms in total. The van der Waals surface area contributed by atoms with E-state index in [-0.39, 0.29) is 17.1 Å². The van der Waals surface area contributed by atoms with Crippen molar-refractivity contribution in [1.29, 1.82) is 5.26 Å². The van der Waals surface area contributed by atoms with Crippen LogP contribution in [0.2, 0.25) is 10.0 Å². The molecular formula is C19H13Cl2F3N4O2. The quantitative estimate of drug-likeness (QED) is 0.588. The number of nitrogens with one attached hydrogen (secondary N) is 1. The number of amides is 1. The van der Waals surface area contributed by atoms with Crippen molar-refractivity contribution in [3.05, 3.63) is 58.2 Å². The Hall–Kier alpha value is -2.96. The van der Waals surface area contributed by atoms with Gasteiger partial charge in [-0.3, -0.25) is 9.48 Å². The molecule has 1 atom stereocenters. The van der Waals surface area contributed by atoms with Crippen LogP contribution in [0.25, 0.3) is 10.9 Å². The van der Waals surface area contributed by atoms with Crippen LogP contribution < -0.4 is 10.1 Å². The van der Waals surface area contributed by atoms with E-state index in [1.54, 1.807) is 18.3 Å². The Morgan fingerprint density at radius 1 is 1.27 bits per heavy atom. The molecule has 0 aliphatic carbocycles. The number of nitrogens with zero attached hydrogens (tertiary/aromatic N) is 3. The minimum atomic E-state index is -4.97. The van der Waals surface area contributed by atoms with E-state index in [0.717, 1.165) is 12.1 Å². The van der Waals surface area contributed by atoms with Crippen LogP contribution in [-0.4, -0.2) is 27.6 Å². The Labute approximate surface area is 178 Å². The molecule has 1 heterocycles. The number of para-hydroxylation sites is 1. The Morgan fingerprint density at radius 3 is 2.63 bits per heavy atom. The summed E-state index contributed by atoms with van der Waals surface area (Å²) in [4.78, 5) is 12.6. The lowest BCUT2D eigenvalue weighted by Crippen LogP contribution is -2.48. The van der Waals surface area contributed by atoms with Crippen molar-refractivity contribution < 1.29 is 22.7 Å². The molecule has 0 aliphatic rings. The number of halogens is 5. The summed E-state index contributed by atoms with van der Waals surface area (Å²) in [7, 11) is 0. The molecule has 0 fully saturated rings. The minimum Gasteiger partial charge on any atom is -0.405 e. The van der Waals surface area contributed by atoms with Gasteiger partial charge < -0.3 is 10.1 Å². The number of nitriles is 1. The van der Waals surface area contributed by atoms with Crippen LogP contribution in [0, 0.1) is 11.3 Å². The minimum absolute atomic E-state index is 0.0971. The number of carbonyl (C=O) groups excluding carboxylic acids is 1. The second kappa shape index (κ2) is 8.05. The molecule has 0 radical (unpaired) electrons. The molecule has 11 heteroatoms. The van der Waals surface area contributed by atoms with Gasteiger partial charge in [0, 0.05) is 11.6 Å². The maximum absolute atomic E-state index is 12.6. The lowest BCUT2D eigenvalue weighted by molar-refractivity contribution is -0.274. The van der Waals surface area contributed by atoms with Gasteiger partial charge in [0.05, 0.1) is 28.2 Å². The van der Waals surface area contributed by atoms with Gasteiger partial charge in [0.25, 0.3) is 5.91 Å². The average molecular weight is 457 g/mol. The fraction of sp³-hybridized carbons (Fsp3) is 0.211. The highest BCUT2D eigenvalue weighted by molar-refractivity contribution is 6.44. The van der Waals surface area contributed by atoms with Gasteiger partial charge in [-0.05, 0) is 31.2 Å². The van der Waals surface area contributed by atoms with E-state index >= 15 is 0 Å². The first-order valence-corrected chi connectivity index (χ1v) is 9.17. The van der Waals surface area contributed by atoms with Crippen LogP contribution in [0.15, 0.2) is 42.6 Å². The predicted molar refractivity (Wildman–Crippen MR) is 104 cm³/mol. The van der Waals surface area contributed by atoms with Gasteiger partial charge in [0.2, 0.25) is 0 Å². The molecule has 0 aliphatic heterocycles. The smallest absolute Gasteiger partial charge is 0.405 e. The van der Waals surface area contributed by atoms with E-state index in [4.69, 9.17) is 23.2 Å². The second-order valence-corrected chi connectivity index (χ2v) is 7.35. The molecule has 1 aromatic heterocycles. The normalized spacial score (nSPS) is 13.5. The second-order valence-electron chi connectivity index (χ2n) is 6.57. The molecule has 1 N–H and O–H groups in total. The molecule has 30 heavy (non-hydrogen) atoms. The molecule has 156 valence electrons. The van der Waals surface area contributed by atoms with Gasteiger partial charge >= 0.3 is 6.36 Å². The van der Waals surface area contributed by atoms with E-state index in [1.165, 1.54) is 23.7 Å². The first kappa shape index (κ1) is 21.7.